The van der Waals surface area contributed by atoms with E-state index in [0.29, 0.717) is 0 Å². The van der Waals surface area contributed by atoms with Crippen molar-refractivity contribution in [2.75, 3.05) is 7.05 Å². The number of benzene rings is 1. The van der Waals surface area contributed by atoms with E-state index in [0.717, 1.165) is 6.54 Å². The molecule has 2 aromatic rings. The summed E-state index contributed by atoms with van der Waals surface area (Å²) in [7, 11) is 1.50. The average Bonchev–Trinajstić information content (AvgIpc) is 2.64. The maximum Gasteiger partial charge on any atom is 0.0480 e. The fraction of sp³-hybridized carbons (Fsp3) is 0.273. The second kappa shape index (κ2) is 4.67. The van der Waals surface area contributed by atoms with Crippen LogP contribution in [0.15, 0.2) is 36.5 Å². The first-order chi connectivity index (χ1) is 6.42. The van der Waals surface area contributed by atoms with E-state index in [1.54, 1.807) is 0 Å². The summed E-state index contributed by atoms with van der Waals surface area (Å²) in [5.74, 6) is 0. The van der Waals surface area contributed by atoms with Gasteiger partial charge < -0.3 is 10.3 Å². The Balaban J connectivity index is 0.000000396. The molecule has 0 unspecified atom stereocenters. The highest BCUT2D eigenvalue weighted by atomic mass is 14.9. The lowest BCUT2D eigenvalue weighted by Crippen LogP contribution is -1.89. The van der Waals surface area contributed by atoms with E-state index < -0.39 is 0 Å². The molecular weight excluding hydrogens is 160 g/mol. The topological polar surface area (TPSA) is 30.9 Å². The smallest absolute Gasteiger partial charge is 0.0480 e. The van der Waals surface area contributed by atoms with Gasteiger partial charge in [0, 0.05) is 18.3 Å². The van der Waals surface area contributed by atoms with Crippen molar-refractivity contribution in [2.45, 2.75) is 13.5 Å². The Morgan fingerprint density at radius 1 is 1.15 bits per heavy atom. The van der Waals surface area contributed by atoms with Crippen molar-refractivity contribution in [1.82, 2.24) is 4.57 Å². The van der Waals surface area contributed by atoms with Crippen LogP contribution in [-0.4, -0.2) is 11.6 Å². The summed E-state index contributed by atoms with van der Waals surface area (Å²) in [6, 6.07) is 10.6. The number of nitrogens with zero attached hydrogens (tertiary/aromatic N) is 1. The minimum absolute atomic E-state index is 1.05. The predicted octanol–water partition coefficient (Wildman–Crippen LogP) is 2.24. The van der Waals surface area contributed by atoms with Gasteiger partial charge in [-0.1, -0.05) is 18.2 Å². The van der Waals surface area contributed by atoms with Crippen LogP contribution in [0.2, 0.25) is 0 Å². The summed E-state index contributed by atoms with van der Waals surface area (Å²) < 4.78 is 2.25. The molecule has 0 amide bonds. The molecule has 0 radical (unpaired) electrons. The maximum atomic E-state index is 4.50. The SMILES string of the molecule is CCn1ccc2ccccc21.CN. The molecule has 0 saturated carbocycles. The molecule has 0 spiro atoms. The lowest BCUT2D eigenvalue weighted by atomic mass is 10.2. The molecule has 0 saturated heterocycles. The Hall–Kier alpha value is -1.28. The summed E-state index contributed by atoms with van der Waals surface area (Å²) >= 11 is 0. The Morgan fingerprint density at radius 2 is 1.85 bits per heavy atom. The van der Waals surface area contributed by atoms with E-state index in [1.807, 2.05) is 0 Å². The zero-order chi connectivity index (χ0) is 9.68. The lowest BCUT2D eigenvalue weighted by molar-refractivity contribution is 0.798. The van der Waals surface area contributed by atoms with Crippen LogP contribution in [0.3, 0.4) is 0 Å². The first kappa shape index (κ1) is 9.81. The Labute approximate surface area is 79.0 Å². The van der Waals surface area contributed by atoms with Crippen molar-refractivity contribution in [3.63, 3.8) is 0 Å². The third kappa shape index (κ3) is 1.90. The molecule has 1 aromatic heterocycles. The third-order valence-corrected chi connectivity index (χ3v) is 2.02. The fourth-order valence-electron chi connectivity index (χ4n) is 1.42. The highest BCUT2D eigenvalue weighted by Gasteiger charge is 1.95. The molecule has 13 heavy (non-hydrogen) atoms. The van der Waals surface area contributed by atoms with Crippen molar-refractivity contribution < 1.29 is 0 Å². The van der Waals surface area contributed by atoms with Crippen LogP contribution >= 0.6 is 0 Å². The average molecular weight is 176 g/mol. The standard InChI is InChI=1S/C10H11N.CH5N/c1-2-11-8-7-9-5-3-4-6-10(9)11;1-2/h3-8H,2H2,1H3;2H2,1H3. The van der Waals surface area contributed by atoms with Crippen molar-refractivity contribution >= 4 is 10.9 Å². The van der Waals surface area contributed by atoms with Gasteiger partial charge in [-0.2, -0.15) is 0 Å². The molecule has 2 nitrogen and oxygen atoms in total. The largest absolute Gasteiger partial charge is 0.348 e. The molecule has 2 heteroatoms. The van der Waals surface area contributed by atoms with Gasteiger partial charge in [-0.3, -0.25) is 0 Å². The van der Waals surface area contributed by atoms with Crippen LogP contribution in [0.25, 0.3) is 10.9 Å². The number of aromatic nitrogens is 1. The van der Waals surface area contributed by atoms with Crippen molar-refractivity contribution in [3.8, 4) is 0 Å². The molecule has 0 atom stereocenters. The zero-order valence-electron chi connectivity index (χ0n) is 8.20. The normalized spacial score (nSPS) is 9.46. The molecule has 70 valence electrons. The van der Waals surface area contributed by atoms with Gasteiger partial charge in [-0.05, 0) is 31.5 Å². The van der Waals surface area contributed by atoms with Gasteiger partial charge in [0.15, 0.2) is 0 Å². The van der Waals surface area contributed by atoms with Gasteiger partial charge in [0.25, 0.3) is 0 Å². The highest BCUT2D eigenvalue weighted by molar-refractivity contribution is 5.79. The summed E-state index contributed by atoms with van der Waals surface area (Å²) in [6.07, 6.45) is 2.13. The monoisotopic (exact) mass is 176 g/mol. The number of hydrogen-bond acceptors (Lipinski definition) is 1. The minimum atomic E-state index is 1.05. The molecule has 0 aliphatic rings. The molecule has 0 aliphatic carbocycles. The van der Waals surface area contributed by atoms with Crippen molar-refractivity contribution in [2.24, 2.45) is 5.73 Å². The molecule has 2 rings (SSSR count). The van der Waals surface area contributed by atoms with Crippen LogP contribution < -0.4 is 5.73 Å². The minimum Gasteiger partial charge on any atom is -0.348 e. The quantitative estimate of drug-likeness (QED) is 0.709. The van der Waals surface area contributed by atoms with Crippen LogP contribution in [0.1, 0.15) is 6.92 Å². The van der Waals surface area contributed by atoms with E-state index in [1.165, 1.54) is 18.0 Å². The molecule has 0 fully saturated rings. The maximum absolute atomic E-state index is 4.50. The summed E-state index contributed by atoms with van der Waals surface area (Å²) in [5.41, 5.74) is 5.83. The number of rotatable bonds is 1. The second-order valence-corrected chi connectivity index (χ2v) is 2.66. The Bertz CT molecular complexity index is 363. The summed E-state index contributed by atoms with van der Waals surface area (Å²) in [6.45, 7) is 3.21. The molecule has 1 heterocycles. The number of nitrogens with two attached hydrogens (primary N) is 1. The van der Waals surface area contributed by atoms with Gasteiger partial charge in [0.2, 0.25) is 0 Å². The van der Waals surface area contributed by atoms with Gasteiger partial charge in [-0.15, -0.1) is 0 Å². The highest BCUT2D eigenvalue weighted by Crippen LogP contribution is 2.14. The predicted molar refractivity (Wildman–Crippen MR) is 57.7 cm³/mol. The van der Waals surface area contributed by atoms with Gasteiger partial charge >= 0.3 is 0 Å². The fourth-order valence-corrected chi connectivity index (χ4v) is 1.42. The van der Waals surface area contributed by atoms with Crippen molar-refractivity contribution in [1.29, 1.82) is 0 Å². The molecule has 0 bridgehead atoms. The first-order valence-electron chi connectivity index (χ1n) is 4.53. The van der Waals surface area contributed by atoms with E-state index in [9.17, 15) is 0 Å². The Morgan fingerprint density at radius 3 is 2.54 bits per heavy atom. The van der Waals surface area contributed by atoms with Crippen LogP contribution in [0.5, 0.6) is 0 Å². The summed E-state index contributed by atoms with van der Waals surface area (Å²) in [4.78, 5) is 0. The van der Waals surface area contributed by atoms with E-state index >= 15 is 0 Å². The molecule has 1 aromatic carbocycles. The number of hydrogen-bond donors (Lipinski definition) is 1. The lowest BCUT2D eigenvalue weighted by Gasteiger charge is -1.98. The van der Waals surface area contributed by atoms with Gasteiger partial charge in [-0.25, -0.2) is 0 Å². The van der Waals surface area contributed by atoms with Gasteiger partial charge in [0.05, 0.1) is 0 Å². The first-order valence-corrected chi connectivity index (χ1v) is 4.53. The van der Waals surface area contributed by atoms with Gasteiger partial charge in [0.1, 0.15) is 0 Å². The number of fused-ring (bicyclic) bond motifs is 1. The van der Waals surface area contributed by atoms with Crippen LogP contribution in [0.4, 0.5) is 0 Å². The number of aryl methyl sites for hydroxylation is 1. The Kier molecular flexibility index (Phi) is 3.53. The van der Waals surface area contributed by atoms with Crippen molar-refractivity contribution in [3.05, 3.63) is 36.5 Å². The van der Waals surface area contributed by atoms with Crippen LogP contribution in [-0.2, 0) is 6.54 Å². The zero-order valence-corrected chi connectivity index (χ0v) is 8.20. The third-order valence-electron chi connectivity index (χ3n) is 2.02. The van der Waals surface area contributed by atoms with E-state index in [-0.39, 0.29) is 0 Å². The second-order valence-electron chi connectivity index (χ2n) is 2.66. The van der Waals surface area contributed by atoms with E-state index in [2.05, 4.69) is 53.8 Å². The number of para-hydroxylation sites is 1. The molecule has 0 aliphatic heterocycles. The molecule has 2 N–H and O–H groups in total. The van der Waals surface area contributed by atoms with Crippen LogP contribution in [0, 0.1) is 0 Å². The summed E-state index contributed by atoms with van der Waals surface area (Å²) in [5, 5.41) is 1.33. The molecular formula is C11H16N2. The van der Waals surface area contributed by atoms with E-state index in [4.69, 9.17) is 0 Å².